The van der Waals surface area contributed by atoms with Gasteiger partial charge in [0.15, 0.2) is 5.69 Å². The van der Waals surface area contributed by atoms with E-state index in [2.05, 4.69) is 35.4 Å². The molecule has 18 heavy (non-hydrogen) atoms. The number of carbonyl (C=O) groups is 1. The van der Waals surface area contributed by atoms with E-state index in [1.54, 1.807) is 23.5 Å². The fourth-order valence-electron chi connectivity index (χ4n) is 1.46. The molecule has 3 N–H and O–H groups in total. The van der Waals surface area contributed by atoms with Gasteiger partial charge in [-0.05, 0) is 37.6 Å². The Labute approximate surface area is 109 Å². The molecule has 1 amide bonds. The molecule has 0 aliphatic rings. The van der Waals surface area contributed by atoms with Crippen molar-refractivity contribution in [3.63, 3.8) is 0 Å². The van der Waals surface area contributed by atoms with E-state index in [4.69, 9.17) is 5.73 Å². The van der Waals surface area contributed by atoms with E-state index < -0.39 is 0 Å². The molecule has 2 rings (SSSR count). The molecule has 0 bridgehead atoms. The van der Waals surface area contributed by atoms with Gasteiger partial charge in [-0.2, -0.15) is 0 Å². The molecule has 2 aromatic heterocycles. The molecule has 0 saturated heterocycles. The Morgan fingerprint density at radius 2 is 2.17 bits per heavy atom. The molecule has 0 atom stereocenters. The van der Waals surface area contributed by atoms with Crippen molar-refractivity contribution < 1.29 is 4.79 Å². The van der Waals surface area contributed by atoms with Crippen molar-refractivity contribution in [2.24, 2.45) is 0 Å². The summed E-state index contributed by atoms with van der Waals surface area (Å²) in [7, 11) is 0. The number of hydrogen-bond acceptors (Lipinski definition) is 5. The van der Waals surface area contributed by atoms with Gasteiger partial charge in [0.2, 0.25) is 0 Å². The Bertz CT molecular complexity index is 542. The van der Waals surface area contributed by atoms with Crippen LogP contribution in [0.1, 0.15) is 25.8 Å². The average molecular weight is 262 g/mol. The molecule has 0 unspecified atom stereocenters. The van der Waals surface area contributed by atoms with Crippen molar-refractivity contribution in [1.29, 1.82) is 0 Å². The van der Waals surface area contributed by atoms with Crippen LogP contribution in [-0.2, 0) is 6.54 Å². The van der Waals surface area contributed by atoms with Crippen LogP contribution in [0.4, 0.5) is 5.82 Å². The standard InChI is InChI=1S/C12H14N4OS/c1-7-5-9(18-8(7)2)6-14-12(17)10-3-4-11(13)16-15-10/h3-5H,6H2,1-2H3,(H2,13,16)(H,14,17). The van der Waals surface area contributed by atoms with Crippen LogP contribution < -0.4 is 11.1 Å². The first-order valence-electron chi connectivity index (χ1n) is 5.49. The zero-order chi connectivity index (χ0) is 13.1. The topological polar surface area (TPSA) is 80.9 Å². The number of nitrogens with zero attached hydrogens (tertiary/aromatic N) is 2. The van der Waals surface area contributed by atoms with Crippen LogP contribution in [0, 0.1) is 13.8 Å². The van der Waals surface area contributed by atoms with E-state index >= 15 is 0 Å². The van der Waals surface area contributed by atoms with Crippen LogP contribution in [0.2, 0.25) is 0 Å². The smallest absolute Gasteiger partial charge is 0.272 e. The average Bonchev–Trinajstić information content (AvgIpc) is 2.67. The minimum Gasteiger partial charge on any atom is -0.382 e. The number of amides is 1. The van der Waals surface area contributed by atoms with E-state index in [9.17, 15) is 4.79 Å². The molecule has 0 radical (unpaired) electrons. The highest BCUT2D eigenvalue weighted by molar-refractivity contribution is 7.12. The Kier molecular flexibility index (Phi) is 3.57. The molecule has 0 aliphatic carbocycles. The number of rotatable bonds is 3. The lowest BCUT2D eigenvalue weighted by atomic mass is 10.3. The number of aromatic nitrogens is 2. The maximum absolute atomic E-state index is 11.8. The number of hydrogen-bond donors (Lipinski definition) is 2. The molecule has 94 valence electrons. The highest BCUT2D eigenvalue weighted by Gasteiger charge is 2.08. The molecule has 0 spiro atoms. The second-order valence-electron chi connectivity index (χ2n) is 3.98. The molecule has 0 aromatic carbocycles. The maximum atomic E-state index is 11.8. The van der Waals surface area contributed by atoms with Crippen molar-refractivity contribution in [1.82, 2.24) is 15.5 Å². The third kappa shape index (κ3) is 2.84. The summed E-state index contributed by atoms with van der Waals surface area (Å²) in [6.07, 6.45) is 0. The van der Waals surface area contributed by atoms with E-state index in [0.717, 1.165) is 4.88 Å². The molecular weight excluding hydrogens is 248 g/mol. The van der Waals surface area contributed by atoms with Gasteiger partial charge in [-0.15, -0.1) is 21.5 Å². The lowest BCUT2D eigenvalue weighted by molar-refractivity contribution is 0.0945. The Morgan fingerprint density at radius 3 is 2.72 bits per heavy atom. The number of carbonyl (C=O) groups excluding carboxylic acids is 1. The normalized spacial score (nSPS) is 10.3. The zero-order valence-electron chi connectivity index (χ0n) is 10.2. The first-order chi connectivity index (χ1) is 8.56. The van der Waals surface area contributed by atoms with Gasteiger partial charge in [0, 0.05) is 9.75 Å². The quantitative estimate of drug-likeness (QED) is 0.881. The summed E-state index contributed by atoms with van der Waals surface area (Å²) >= 11 is 1.68. The summed E-state index contributed by atoms with van der Waals surface area (Å²) in [6, 6.07) is 5.19. The minimum atomic E-state index is -0.244. The van der Waals surface area contributed by atoms with Gasteiger partial charge in [0.05, 0.1) is 6.54 Å². The third-order valence-electron chi connectivity index (χ3n) is 2.56. The monoisotopic (exact) mass is 262 g/mol. The van der Waals surface area contributed by atoms with Crippen LogP contribution in [0.25, 0.3) is 0 Å². The fourth-order valence-corrected chi connectivity index (χ4v) is 2.45. The SMILES string of the molecule is Cc1cc(CNC(=O)c2ccc(N)nn2)sc1C. The Morgan fingerprint density at radius 1 is 1.39 bits per heavy atom. The summed E-state index contributed by atoms with van der Waals surface area (Å²) in [6.45, 7) is 4.63. The maximum Gasteiger partial charge on any atom is 0.272 e. The van der Waals surface area contributed by atoms with Crippen LogP contribution in [0.5, 0.6) is 0 Å². The number of thiophene rings is 1. The number of nitrogen functional groups attached to an aromatic ring is 1. The van der Waals surface area contributed by atoms with Gasteiger partial charge in [0.25, 0.3) is 5.91 Å². The Hall–Kier alpha value is -1.95. The number of nitrogens with two attached hydrogens (primary N) is 1. The van der Waals surface area contributed by atoms with Crippen molar-refractivity contribution in [2.75, 3.05) is 5.73 Å². The summed E-state index contributed by atoms with van der Waals surface area (Å²) in [4.78, 5) is 14.2. The first kappa shape index (κ1) is 12.5. The molecule has 2 aromatic rings. The van der Waals surface area contributed by atoms with Crippen LogP contribution in [-0.4, -0.2) is 16.1 Å². The predicted octanol–water partition coefficient (Wildman–Crippen LogP) is 1.67. The molecule has 5 nitrogen and oxygen atoms in total. The highest BCUT2D eigenvalue weighted by Crippen LogP contribution is 2.20. The molecule has 0 aliphatic heterocycles. The third-order valence-corrected chi connectivity index (χ3v) is 3.71. The summed E-state index contributed by atoms with van der Waals surface area (Å²) < 4.78 is 0. The van der Waals surface area contributed by atoms with Gasteiger partial charge >= 0.3 is 0 Å². The van der Waals surface area contributed by atoms with Crippen LogP contribution in [0.15, 0.2) is 18.2 Å². The van der Waals surface area contributed by atoms with Crippen LogP contribution >= 0.6 is 11.3 Å². The summed E-state index contributed by atoms with van der Waals surface area (Å²) in [5, 5.41) is 10.2. The van der Waals surface area contributed by atoms with Crippen molar-refractivity contribution in [2.45, 2.75) is 20.4 Å². The zero-order valence-corrected chi connectivity index (χ0v) is 11.0. The fraction of sp³-hybridized carbons (Fsp3) is 0.250. The van der Waals surface area contributed by atoms with Crippen molar-refractivity contribution in [3.05, 3.63) is 39.2 Å². The van der Waals surface area contributed by atoms with Gasteiger partial charge in [-0.25, -0.2) is 0 Å². The van der Waals surface area contributed by atoms with Crippen molar-refractivity contribution >= 4 is 23.1 Å². The van der Waals surface area contributed by atoms with E-state index in [-0.39, 0.29) is 11.6 Å². The second-order valence-corrected chi connectivity index (χ2v) is 5.32. The van der Waals surface area contributed by atoms with E-state index in [0.29, 0.717) is 12.4 Å². The second kappa shape index (κ2) is 5.14. The number of anilines is 1. The first-order valence-corrected chi connectivity index (χ1v) is 6.31. The van der Waals surface area contributed by atoms with Gasteiger partial charge in [-0.1, -0.05) is 0 Å². The Balaban J connectivity index is 1.98. The molecule has 6 heteroatoms. The van der Waals surface area contributed by atoms with Crippen molar-refractivity contribution in [3.8, 4) is 0 Å². The molecule has 0 saturated carbocycles. The van der Waals surface area contributed by atoms with E-state index in [1.807, 2.05) is 0 Å². The predicted molar refractivity (Wildman–Crippen MR) is 71.4 cm³/mol. The highest BCUT2D eigenvalue weighted by atomic mass is 32.1. The van der Waals surface area contributed by atoms with E-state index in [1.165, 1.54) is 10.4 Å². The minimum absolute atomic E-state index is 0.244. The van der Waals surface area contributed by atoms with Gasteiger partial charge in [0.1, 0.15) is 5.82 Å². The van der Waals surface area contributed by atoms with Gasteiger partial charge < -0.3 is 11.1 Å². The molecule has 0 fully saturated rings. The summed E-state index contributed by atoms with van der Waals surface area (Å²) in [5.74, 6) is 0.0577. The molecular formula is C12H14N4OS. The van der Waals surface area contributed by atoms with Crippen LogP contribution in [0.3, 0.4) is 0 Å². The largest absolute Gasteiger partial charge is 0.382 e. The number of aryl methyl sites for hydroxylation is 2. The summed E-state index contributed by atoms with van der Waals surface area (Å²) in [5.41, 5.74) is 6.93. The lowest BCUT2D eigenvalue weighted by Crippen LogP contribution is -2.23. The number of nitrogens with one attached hydrogen (secondary N) is 1. The lowest BCUT2D eigenvalue weighted by Gasteiger charge is -2.02. The molecule has 2 heterocycles. The van der Waals surface area contributed by atoms with Gasteiger partial charge in [-0.3, -0.25) is 4.79 Å².